The lowest BCUT2D eigenvalue weighted by Gasteiger charge is -2.23. The Morgan fingerprint density at radius 3 is 2.61 bits per heavy atom. The summed E-state index contributed by atoms with van der Waals surface area (Å²) in [5.74, 6) is -0.700. The van der Waals surface area contributed by atoms with E-state index in [1.807, 2.05) is 43.3 Å². The monoisotopic (exact) mass is 421 g/mol. The van der Waals surface area contributed by atoms with E-state index in [2.05, 4.69) is 29.2 Å². The summed E-state index contributed by atoms with van der Waals surface area (Å²) in [6, 6.07) is 7.71. The van der Waals surface area contributed by atoms with E-state index in [4.69, 9.17) is 9.84 Å². The highest BCUT2D eigenvalue weighted by Crippen LogP contribution is 2.22. The number of ketones is 1. The van der Waals surface area contributed by atoms with Crippen molar-refractivity contribution in [2.45, 2.75) is 39.2 Å². The molecule has 0 aromatic heterocycles. The summed E-state index contributed by atoms with van der Waals surface area (Å²) in [5, 5.41) is 9.14. The van der Waals surface area contributed by atoms with Crippen molar-refractivity contribution in [3.63, 3.8) is 0 Å². The lowest BCUT2D eigenvalue weighted by Crippen LogP contribution is -2.36. The van der Waals surface area contributed by atoms with E-state index >= 15 is 0 Å². The van der Waals surface area contributed by atoms with Crippen LogP contribution in [0.2, 0.25) is 0 Å². The number of carbonyl (C=O) groups is 2. The Bertz CT molecular complexity index is 935. The quantitative estimate of drug-likeness (QED) is 0.585. The van der Waals surface area contributed by atoms with Crippen LogP contribution >= 0.6 is 0 Å². The Hall–Kier alpha value is -2.92. The lowest BCUT2D eigenvalue weighted by molar-refractivity contribution is -0.162. The van der Waals surface area contributed by atoms with Crippen LogP contribution in [0.15, 0.2) is 72.0 Å². The molecule has 0 bridgehead atoms. The SMILES string of the molecule is Cc1ccc(C(=O)C2=CCCN2C/C=C/C2=CCC(COC(C)(C)C(=O)O)C=C2)cc1. The van der Waals surface area contributed by atoms with Gasteiger partial charge in [-0.2, -0.15) is 0 Å². The highest BCUT2D eigenvalue weighted by Gasteiger charge is 2.28. The first-order valence-electron chi connectivity index (χ1n) is 10.7. The number of hydrogen-bond acceptors (Lipinski definition) is 4. The molecule has 0 saturated heterocycles. The molecule has 1 aliphatic heterocycles. The van der Waals surface area contributed by atoms with Crippen LogP contribution in [0.3, 0.4) is 0 Å². The van der Waals surface area contributed by atoms with Crippen LogP contribution in [0.25, 0.3) is 0 Å². The standard InChI is InChI=1S/C26H31NO4/c1-19-8-14-22(15-9-19)24(28)23-7-5-17-27(23)16-4-6-20-10-12-21(13-11-20)18-31-26(2,3)25(29)30/h4,6-12,14-15,21H,5,13,16-18H2,1-3H3,(H,29,30)/b6-4+. The van der Waals surface area contributed by atoms with Gasteiger partial charge in [-0.1, -0.05) is 66.3 Å². The molecule has 0 amide bonds. The molecular formula is C26H31NO4. The third-order valence-corrected chi connectivity index (χ3v) is 5.65. The number of nitrogens with zero attached hydrogens (tertiary/aromatic N) is 1. The molecule has 3 rings (SSSR count). The number of rotatable bonds is 9. The molecule has 1 heterocycles. The van der Waals surface area contributed by atoms with Crippen LogP contribution < -0.4 is 0 Å². The largest absolute Gasteiger partial charge is 0.479 e. The number of aryl methyl sites for hydroxylation is 1. The van der Waals surface area contributed by atoms with Crippen molar-refractivity contribution in [2.75, 3.05) is 19.7 Å². The van der Waals surface area contributed by atoms with Crippen LogP contribution in [0.5, 0.6) is 0 Å². The number of Topliss-reactive ketones (excluding diaryl/α,β-unsaturated/α-hetero) is 1. The first kappa shape index (κ1) is 22.8. The number of hydrogen-bond donors (Lipinski definition) is 1. The average Bonchev–Trinajstić information content (AvgIpc) is 3.21. The maximum Gasteiger partial charge on any atom is 0.335 e. The molecule has 1 aromatic rings. The Balaban J connectivity index is 1.49. The van der Waals surface area contributed by atoms with Gasteiger partial charge in [0.05, 0.1) is 12.3 Å². The molecule has 164 valence electrons. The first-order valence-corrected chi connectivity index (χ1v) is 10.7. The molecule has 0 radical (unpaired) electrons. The topological polar surface area (TPSA) is 66.8 Å². The second-order valence-electron chi connectivity index (χ2n) is 8.61. The Kier molecular flexibility index (Phi) is 7.29. The molecule has 0 fully saturated rings. The first-order chi connectivity index (χ1) is 14.8. The highest BCUT2D eigenvalue weighted by molar-refractivity contribution is 6.08. The zero-order chi connectivity index (χ0) is 22.4. The summed E-state index contributed by atoms with van der Waals surface area (Å²) in [6.07, 6.45) is 14.1. The second kappa shape index (κ2) is 9.92. The van der Waals surface area contributed by atoms with Gasteiger partial charge in [-0.15, -0.1) is 0 Å². The maximum absolute atomic E-state index is 12.8. The molecule has 1 N–H and O–H groups in total. The van der Waals surface area contributed by atoms with Gasteiger partial charge in [-0.25, -0.2) is 4.79 Å². The molecular weight excluding hydrogens is 390 g/mol. The summed E-state index contributed by atoms with van der Waals surface area (Å²) >= 11 is 0. The minimum absolute atomic E-state index is 0.0785. The minimum atomic E-state index is -1.17. The molecule has 2 aliphatic rings. The third-order valence-electron chi connectivity index (χ3n) is 5.65. The fourth-order valence-electron chi connectivity index (χ4n) is 3.51. The predicted molar refractivity (Wildman–Crippen MR) is 122 cm³/mol. The van der Waals surface area contributed by atoms with Crippen molar-refractivity contribution in [1.29, 1.82) is 0 Å². The van der Waals surface area contributed by atoms with Crippen LogP contribution in [-0.4, -0.2) is 47.1 Å². The van der Waals surface area contributed by atoms with Crippen LogP contribution in [0.4, 0.5) is 0 Å². The van der Waals surface area contributed by atoms with Crippen molar-refractivity contribution in [1.82, 2.24) is 4.90 Å². The summed E-state index contributed by atoms with van der Waals surface area (Å²) in [6.45, 7) is 7.07. The van der Waals surface area contributed by atoms with E-state index in [1.165, 1.54) is 0 Å². The van der Waals surface area contributed by atoms with E-state index in [9.17, 15) is 9.59 Å². The van der Waals surface area contributed by atoms with Gasteiger partial charge in [-0.3, -0.25) is 4.79 Å². The van der Waals surface area contributed by atoms with Gasteiger partial charge in [0.15, 0.2) is 5.60 Å². The van der Waals surface area contributed by atoms with Crippen molar-refractivity contribution in [2.24, 2.45) is 5.92 Å². The fourth-order valence-corrected chi connectivity index (χ4v) is 3.51. The molecule has 1 aliphatic carbocycles. The number of carbonyl (C=O) groups excluding carboxylic acids is 1. The van der Waals surface area contributed by atoms with Gasteiger partial charge >= 0.3 is 5.97 Å². The van der Waals surface area contributed by atoms with Crippen molar-refractivity contribution in [3.05, 3.63) is 83.1 Å². The van der Waals surface area contributed by atoms with Gasteiger partial charge < -0.3 is 14.7 Å². The van der Waals surface area contributed by atoms with Crippen LogP contribution in [0, 0.1) is 12.8 Å². The molecule has 0 saturated carbocycles. The zero-order valence-corrected chi connectivity index (χ0v) is 18.5. The molecule has 1 aromatic carbocycles. The number of allylic oxidation sites excluding steroid dienone is 5. The van der Waals surface area contributed by atoms with Crippen molar-refractivity contribution < 1.29 is 19.4 Å². The van der Waals surface area contributed by atoms with Crippen molar-refractivity contribution >= 4 is 11.8 Å². The maximum atomic E-state index is 12.8. The molecule has 5 nitrogen and oxygen atoms in total. The summed E-state index contributed by atoms with van der Waals surface area (Å²) in [4.78, 5) is 26.1. The Morgan fingerprint density at radius 2 is 1.97 bits per heavy atom. The minimum Gasteiger partial charge on any atom is -0.479 e. The second-order valence-corrected chi connectivity index (χ2v) is 8.61. The van der Waals surface area contributed by atoms with Gasteiger partial charge in [0.25, 0.3) is 0 Å². The summed E-state index contributed by atoms with van der Waals surface area (Å²) in [5.41, 5.74) is 2.59. The van der Waals surface area contributed by atoms with E-state index in [0.717, 1.165) is 41.8 Å². The molecule has 0 spiro atoms. The molecule has 5 heteroatoms. The third kappa shape index (κ3) is 6.05. The van der Waals surface area contributed by atoms with E-state index in [-0.39, 0.29) is 11.7 Å². The van der Waals surface area contributed by atoms with Gasteiger partial charge in [0.1, 0.15) is 0 Å². The molecule has 1 unspecified atom stereocenters. The van der Waals surface area contributed by atoms with E-state index in [1.54, 1.807) is 13.8 Å². The lowest BCUT2D eigenvalue weighted by atomic mass is 9.97. The molecule has 31 heavy (non-hydrogen) atoms. The number of carboxylic acids is 1. The Labute approximate surface area is 184 Å². The highest BCUT2D eigenvalue weighted by atomic mass is 16.5. The number of aliphatic carboxylic acids is 1. The zero-order valence-electron chi connectivity index (χ0n) is 18.5. The Morgan fingerprint density at radius 1 is 1.23 bits per heavy atom. The van der Waals surface area contributed by atoms with Crippen LogP contribution in [-0.2, 0) is 9.53 Å². The van der Waals surface area contributed by atoms with E-state index in [0.29, 0.717) is 13.2 Å². The number of benzene rings is 1. The average molecular weight is 422 g/mol. The number of carboxylic acid groups (broad SMARTS) is 1. The van der Waals surface area contributed by atoms with Gasteiger partial charge in [-0.05, 0) is 39.2 Å². The number of ether oxygens (including phenoxy) is 1. The van der Waals surface area contributed by atoms with Gasteiger partial charge in [0, 0.05) is 24.6 Å². The van der Waals surface area contributed by atoms with Crippen molar-refractivity contribution in [3.8, 4) is 0 Å². The summed E-state index contributed by atoms with van der Waals surface area (Å²) < 4.78 is 5.55. The predicted octanol–water partition coefficient (Wildman–Crippen LogP) is 4.71. The van der Waals surface area contributed by atoms with Gasteiger partial charge in [0.2, 0.25) is 5.78 Å². The molecule has 1 atom stereocenters. The van der Waals surface area contributed by atoms with Crippen LogP contribution in [0.1, 0.15) is 42.6 Å². The smallest absolute Gasteiger partial charge is 0.335 e. The summed E-state index contributed by atoms with van der Waals surface area (Å²) in [7, 11) is 0. The normalized spacial score (nSPS) is 18.9. The van der Waals surface area contributed by atoms with E-state index < -0.39 is 11.6 Å². The fraction of sp³-hybridized carbons (Fsp3) is 0.385.